The van der Waals surface area contributed by atoms with E-state index in [1.54, 1.807) is 0 Å². The van der Waals surface area contributed by atoms with Crippen LogP contribution in [0, 0.1) is 5.92 Å². The third kappa shape index (κ3) is 9.01. The Labute approximate surface area is 96.8 Å². The van der Waals surface area contributed by atoms with Crippen LogP contribution in [-0.4, -0.2) is 18.8 Å². The summed E-state index contributed by atoms with van der Waals surface area (Å²) in [6, 6.07) is 0.00757. The molecule has 0 heterocycles. The van der Waals surface area contributed by atoms with E-state index in [2.05, 4.69) is 19.2 Å². The highest BCUT2D eigenvalue weighted by Crippen LogP contribution is 2.24. The third-order valence-electron chi connectivity index (χ3n) is 2.74. The molecular weight excluding hydrogens is 215 g/mol. The van der Waals surface area contributed by atoms with Crippen LogP contribution in [0.5, 0.6) is 0 Å². The van der Waals surface area contributed by atoms with Crippen molar-refractivity contribution >= 4 is 0 Å². The molecule has 2 atom stereocenters. The van der Waals surface area contributed by atoms with Gasteiger partial charge in [0.25, 0.3) is 0 Å². The van der Waals surface area contributed by atoms with Gasteiger partial charge in [-0.15, -0.1) is 0 Å². The minimum atomic E-state index is -4.03. The zero-order valence-corrected chi connectivity index (χ0v) is 10.5. The minimum Gasteiger partial charge on any atom is -0.314 e. The van der Waals surface area contributed by atoms with Crippen LogP contribution in [0.3, 0.4) is 0 Å². The lowest BCUT2D eigenvalue weighted by molar-refractivity contribution is -0.136. The molecule has 2 unspecified atom stereocenters. The highest BCUT2D eigenvalue weighted by atomic mass is 19.4. The monoisotopic (exact) mass is 239 g/mol. The fourth-order valence-corrected chi connectivity index (χ4v) is 2.03. The van der Waals surface area contributed by atoms with Crippen molar-refractivity contribution < 1.29 is 13.2 Å². The summed E-state index contributed by atoms with van der Waals surface area (Å²) < 4.78 is 36.3. The van der Waals surface area contributed by atoms with Crippen molar-refractivity contribution in [3.63, 3.8) is 0 Å². The molecule has 0 saturated carbocycles. The van der Waals surface area contributed by atoms with Crippen molar-refractivity contribution in [1.29, 1.82) is 0 Å². The average molecular weight is 239 g/mol. The zero-order valence-electron chi connectivity index (χ0n) is 10.5. The van der Waals surface area contributed by atoms with Gasteiger partial charge in [0.1, 0.15) is 0 Å². The Kier molecular flexibility index (Phi) is 7.81. The molecule has 0 radical (unpaired) electrons. The maximum Gasteiger partial charge on any atom is 0.389 e. The van der Waals surface area contributed by atoms with E-state index in [9.17, 15) is 13.2 Å². The maximum atomic E-state index is 12.1. The molecule has 0 saturated heterocycles. The quantitative estimate of drug-likeness (QED) is 0.671. The molecule has 0 amide bonds. The Morgan fingerprint density at radius 2 is 1.75 bits per heavy atom. The first kappa shape index (κ1) is 15.8. The number of hydrogen-bond acceptors (Lipinski definition) is 1. The van der Waals surface area contributed by atoms with E-state index in [1.807, 2.05) is 6.92 Å². The van der Waals surface area contributed by atoms with E-state index < -0.39 is 12.6 Å². The first-order valence-electron chi connectivity index (χ1n) is 6.19. The van der Waals surface area contributed by atoms with Gasteiger partial charge in [-0.2, -0.15) is 13.2 Å². The molecule has 0 aliphatic carbocycles. The van der Waals surface area contributed by atoms with Gasteiger partial charge in [-0.05, 0) is 25.3 Å². The lowest BCUT2D eigenvalue weighted by atomic mass is 9.94. The SMILES string of the molecule is CCCC(C)CC(CCC(F)(F)F)NCC. The van der Waals surface area contributed by atoms with Crippen molar-refractivity contribution in [3.05, 3.63) is 0 Å². The minimum absolute atomic E-state index is 0.00757. The molecule has 0 aliphatic rings. The van der Waals surface area contributed by atoms with Crippen LogP contribution in [0.2, 0.25) is 0 Å². The first-order valence-corrected chi connectivity index (χ1v) is 6.19. The van der Waals surface area contributed by atoms with Crippen LogP contribution in [0.25, 0.3) is 0 Å². The molecule has 0 aromatic rings. The molecular formula is C12H24F3N. The van der Waals surface area contributed by atoms with Crippen molar-refractivity contribution in [1.82, 2.24) is 5.32 Å². The van der Waals surface area contributed by atoms with Crippen LogP contribution < -0.4 is 5.32 Å². The van der Waals surface area contributed by atoms with Gasteiger partial charge in [-0.3, -0.25) is 0 Å². The van der Waals surface area contributed by atoms with Crippen molar-refractivity contribution in [2.45, 2.75) is 65.1 Å². The van der Waals surface area contributed by atoms with Gasteiger partial charge in [0.05, 0.1) is 0 Å². The van der Waals surface area contributed by atoms with Gasteiger partial charge in [0.15, 0.2) is 0 Å². The Morgan fingerprint density at radius 3 is 2.19 bits per heavy atom. The highest BCUT2D eigenvalue weighted by molar-refractivity contribution is 4.71. The standard InChI is InChI=1S/C12H24F3N/c1-4-6-10(3)9-11(16-5-2)7-8-12(13,14)15/h10-11,16H,4-9H2,1-3H3. The molecule has 4 heteroatoms. The van der Waals surface area contributed by atoms with Gasteiger partial charge in [0.2, 0.25) is 0 Å². The maximum absolute atomic E-state index is 12.1. The number of halogens is 3. The fraction of sp³-hybridized carbons (Fsp3) is 1.00. The van der Waals surface area contributed by atoms with Crippen molar-refractivity contribution in [3.8, 4) is 0 Å². The van der Waals surface area contributed by atoms with E-state index in [1.165, 1.54) is 0 Å². The Hall–Kier alpha value is -0.250. The smallest absolute Gasteiger partial charge is 0.314 e. The van der Waals surface area contributed by atoms with Crippen LogP contribution >= 0.6 is 0 Å². The Balaban J connectivity index is 3.96. The normalized spacial score (nSPS) is 16.1. The van der Waals surface area contributed by atoms with E-state index in [-0.39, 0.29) is 12.5 Å². The second kappa shape index (κ2) is 7.93. The predicted octanol–water partition coefficient (Wildman–Crippen LogP) is 4.13. The van der Waals surface area contributed by atoms with Gasteiger partial charge in [0, 0.05) is 12.5 Å². The van der Waals surface area contributed by atoms with E-state index >= 15 is 0 Å². The lowest BCUT2D eigenvalue weighted by Crippen LogP contribution is -2.32. The summed E-state index contributed by atoms with van der Waals surface area (Å²) in [6.45, 7) is 6.89. The molecule has 16 heavy (non-hydrogen) atoms. The van der Waals surface area contributed by atoms with Crippen LogP contribution in [0.1, 0.15) is 52.9 Å². The number of rotatable bonds is 8. The summed E-state index contributed by atoms with van der Waals surface area (Å²) in [5.41, 5.74) is 0. The summed E-state index contributed by atoms with van der Waals surface area (Å²) in [6.07, 6.45) is -1.47. The summed E-state index contributed by atoms with van der Waals surface area (Å²) in [5.74, 6) is 0.502. The average Bonchev–Trinajstić information content (AvgIpc) is 2.14. The van der Waals surface area contributed by atoms with E-state index in [0.717, 1.165) is 25.8 Å². The molecule has 98 valence electrons. The Bertz CT molecular complexity index is 168. The topological polar surface area (TPSA) is 12.0 Å². The molecule has 0 spiro atoms. The van der Waals surface area contributed by atoms with Gasteiger partial charge in [-0.1, -0.05) is 33.6 Å². The number of hydrogen-bond donors (Lipinski definition) is 1. The van der Waals surface area contributed by atoms with Crippen LogP contribution in [0.4, 0.5) is 13.2 Å². The van der Waals surface area contributed by atoms with Crippen LogP contribution in [0.15, 0.2) is 0 Å². The zero-order chi connectivity index (χ0) is 12.6. The molecule has 0 bridgehead atoms. The molecule has 1 nitrogen and oxygen atoms in total. The molecule has 1 N–H and O–H groups in total. The second-order valence-corrected chi connectivity index (χ2v) is 4.54. The van der Waals surface area contributed by atoms with Gasteiger partial charge < -0.3 is 5.32 Å². The number of alkyl halides is 3. The summed E-state index contributed by atoms with van der Waals surface area (Å²) in [7, 11) is 0. The molecule has 0 aliphatic heterocycles. The lowest BCUT2D eigenvalue weighted by Gasteiger charge is -2.22. The van der Waals surface area contributed by atoms with Crippen molar-refractivity contribution in [2.24, 2.45) is 5.92 Å². The molecule has 0 aromatic carbocycles. The molecule has 0 aromatic heterocycles. The first-order chi connectivity index (χ1) is 7.39. The van der Waals surface area contributed by atoms with E-state index in [0.29, 0.717) is 5.92 Å². The number of nitrogens with one attached hydrogen (secondary N) is 1. The van der Waals surface area contributed by atoms with E-state index in [4.69, 9.17) is 0 Å². The van der Waals surface area contributed by atoms with Crippen molar-refractivity contribution in [2.75, 3.05) is 6.54 Å². The summed E-state index contributed by atoms with van der Waals surface area (Å²) >= 11 is 0. The second-order valence-electron chi connectivity index (χ2n) is 4.54. The van der Waals surface area contributed by atoms with Gasteiger partial charge in [-0.25, -0.2) is 0 Å². The van der Waals surface area contributed by atoms with Crippen LogP contribution in [-0.2, 0) is 0 Å². The fourth-order valence-electron chi connectivity index (χ4n) is 2.03. The van der Waals surface area contributed by atoms with Gasteiger partial charge >= 0.3 is 6.18 Å². The predicted molar refractivity (Wildman–Crippen MR) is 61.4 cm³/mol. The Morgan fingerprint density at radius 1 is 1.12 bits per heavy atom. The largest absolute Gasteiger partial charge is 0.389 e. The highest BCUT2D eigenvalue weighted by Gasteiger charge is 2.28. The molecule has 0 rings (SSSR count). The summed E-state index contributed by atoms with van der Waals surface area (Å²) in [5, 5.41) is 3.14. The molecule has 0 fully saturated rings. The third-order valence-corrected chi connectivity index (χ3v) is 2.74. The summed E-state index contributed by atoms with van der Waals surface area (Å²) in [4.78, 5) is 0.